The molecular weight excluding hydrogens is 230 g/mol. The van der Waals surface area contributed by atoms with Crippen molar-refractivity contribution in [2.45, 2.75) is 24.8 Å². The summed E-state index contributed by atoms with van der Waals surface area (Å²) in [6.07, 6.45) is 4.63. The van der Waals surface area contributed by atoms with Crippen LogP contribution in [0.4, 0.5) is 0 Å². The maximum absolute atomic E-state index is 11.7. The second-order valence-electron chi connectivity index (χ2n) is 4.62. The lowest BCUT2D eigenvalue weighted by Crippen LogP contribution is -2.47. The average Bonchev–Trinajstić information content (AvgIpc) is 2.92. The predicted molar refractivity (Wildman–Crippen MR) is 64.1 cm³/mol. The number of aliphatic carboxylic acids is 1. The van der Waals surface area contributed by atoms with Gasteiger partial charge in [-0.1, -0.05) is 24.3 Å². The van der Waals surface area contributed by atoms with Crippen LogP contribution in [0.3, 0.4) is 0 Å². The number of carboxylic acids is 1. The van der Waals surface area contributed by atoms with Gasteiger partial charge in [-0.2, -0.15) is 5.10 Å². The fraction of sp³-hybridized carbons (Fsp3) is 0.308. The molecule has 5 nitrogen and oxygen atoms in total. The summed E-state index contributed by atoms with van der Waals surface area (Å²) in [5, 5.41) is 13.6. The molecule has 1 atom stereocenters. The third-order valence-corrected chi connectivity index (χ3v) is 3.66. The predicted octanol–water partition coefficient (Wildman–Crippen LogP) is 1.25. The van der Waals surface area contributed by atoms with Gasteiger partial charge in [0, 0.05) is 6.42 Å². The van der Waals surface area contributed by atoms with Gasteiger partial charge in [-0.15, -0.1) is 0 Å². The van der Waals surface area contributed by atoms with E-state index in [0.29, 0.717) is 12.8 Å². The van der Waals surface area contributed by atoms with Gasteiger partial charge in [0.15, 0.2) is 5.54 Å². The maximum Gasteiger partial charge on any atom is 0.332 e. The van der Waals surface area contributed by atoms with Crippen molar-refractivity contribution in [2.24, 2.45) is 0 Å². The minimum atomic E-state index is -0.995. The van der Waals surface area contributed by atoms with E-state index < -0.39 is 11.5 Å². The quantitative estimate of drug-likeness (QED) is 0.861. The third-order valence-electron chi connectivity index (χ3n) is 3.66. The van der Waals surface area contributed by atoms with Crippen molar-refractivity contribution in [1.29, 1.82) is 0 Å². The Balaban J connectivity index is 2.08. The van der Waals surface area contributed by atoms with Crippen LogP contribution in [0.1, 0.15) is 17.5 Å². The summed E-state index contributed by atoms with van der Waals surface area (Å²) in [7, 11) is 0. The van der Waals surface area contributed by atoms with Crippen molar-refractivity contribution in [3.8, 4) is 0 Å². The van der Waals surface area contributed by atoms with E-state index in [1.807, 2.05) is 18.2 Å². The Morgan fingerprint density at radius 3 is 2.78 bits per heavy atom. The van der Waals surface area contributed by atoms with Gasteiger partial charge in [-0.05, 0) is 24.0 Å². The standard InChI is InChI=1S/C13H13N3O2/c17-12(18)13(16-9-14-8-15-16)6-5-10-3-1-2-4-11(10)7-13/h1-4,8-9H,5-7H2,(H,17,18). The molecule has 1 aromatic carbocycles. The molecule has 18 heavy (non-hydrogen) atoms. The van der Waals surface area contributed by atoms with Crippen LogP contribution in [-0.2, 0) is 23.2 Å². The Hall–Kier alpha value is -2.17. The van der Waals surface area contributed by atoms with E-state index in [1.165, 1.54) is 22.9 Å². The number of carboxylic acid groups (broad SMARTS) is 1. The van der Waals surface area contributed by atoms with Crippen molar-refractivity contribution in [3.05, 3.63) is 48.0 Å². The van der Waals surface area contributed by atoms with E-state index >= 15 is 0 Å². The van der Waals surface area contributed by atoms with Crippen molar-refractivity contribution in [1.82, 2.24) is 14.8 Å². The van der Waals surface area contributed by atoms with Crippen molar-refractivity contribution in [2.75, 3.05) is 0 Å². The zero-order valence-electron chi connectivity index (χ0n) is 9.78. The Morgan fingerprint density at radius 1 is 1.33 bits per heavy atom. The summed E-state index contributed by atoms with van der Waals surface area (Å²) in [4.78, 5) is 15.6. The molecule has 1 unspecified atom stereocenters. The van der Waals surface area contributed by atoms with E-state index in [0.717, 1.165) is 12.0 Å². The van der Waals surface area contributed by atoms with Crippen LogP contribution < -0.4 is 0 Å². The SMILES string of the molecule is O=C(O)C1(n2cncn2)CCc2ccccc2C1. The first-order valence-corrected chi connectivity index (χ1v) is 5.88. The molecule has 1 aliphatic carbocycles. The Morgan fingerprint density at radius 2 is 2.11 bits per heavy atom. The molecular formula is C13H13N3O2. The monoisotopic (exact) mass is 243 g/mol. The van der Waals surface area contributed by atoms with Gasteiger partial charge in [0.25, 0.3) is 0 Å². The third kappa shape index (κ3) is 1.51. The summed E-state index contributed by atoms with van der Waals surface area (Å²) in [6, 6.07) is 7.98. The highest BCUT2D eigenvalue weighted by Gasteiger charge is 2.44. The second kappa shape index (κ2) is 3.94. The molecule has 1 heterocycles. The lowest BCUT2D eigenvalue weighted by Gasteiger charge is -2.34. The number of hydrogen-bond acceptors (Lipinski definition) is 3. The summed E-state index contributed by atoms with van der Waals surface area (Å²) < 4.78 is 1.48. The molecule has 0 spiro atoms. The largest absolute Gasteiger partial charge is 0.479 e. The number of rotatable bonds is 2. The van der Waals surface area contributed by atoms with Crippen molar-refractivity contribution < 1.29 is 9.90 Å². The summed E-state index contributed by atoms with van der Waals surface area (Å²) in [6.45, 7) is 0. The average molecular weight is 243 g/mol. The molecule has 0 fully saturated rings. The molecule has 5 heteroatoms. The first kappa shape index (κ1) is 11.0. The molecule has 2 aromatic rings. The normalized spacial score (nSPS) is 22.4. The number of fused-ring (bicyclic) bond motifs is 1. The number of hydrogen-bond donors (Lipinski definition) is 1. The van der Waals surface area contributed by atoms with Crippen LogP contribution in [0.2, 0.25) is 0 Å². The van der Waals surface area contributed by atoms with Gasteiger partial charge in [0.1, 0.15) is 12.7 Å². The van der Waals surface area contributed by atoms with Crippen LogP contribution in [0, 0.1) is 0 Å². The fourth-order valence-electron chi connectivity index (χ4n) is 2.62. The number of carbonyl (C=O) groups is 1. The highest BCUT2D eigenvalue weighted by atomic mass is 16.4. The fourth-order valence-corrected chi connectivity index (χ4v) is 2.62. The number of aryl methyl sites for hydroxylation is 1. The zero-order chi connectivity index (χ0) is 12.6. The Labute approximate surface area is 104 Å². The first-order valence-electron chi connectivity index (χ1n) is 5.88. The molecule has 1 aliphatic rings. The highest BCUT2D eigenvalue weighted by Crippen LogP contribution is 2.34. The van der Waals surface area contributed by atoms with Gasteiger partial charge >= 0.3 is 5.97 Å². The minimum absolute atomic E-state index is 0.460. The summed E-state index contributed by atoms with van der Waals surface area (Å²) in [5.74, 6) is -0.845. The van der Waals surface area contributed by atoms with Crippen LogP contribution >= 0.6 is 0 Å². The van der Waals surface area contributed by atoms with E-state index in [4.69, 9.17) is 0 Å². The van der Waals surface area contributed by atoms with E-state index in [-0.39, 0.29) is 0 Å². The molecule has 1 aromatic heterocycles. The van der Waals surface area contributed by atoms with E-state index in [2.05, 4.69) is 16.1 Å². The lowest BCUT2D eigenvalue weighted by molar-refractivity contribution is -0.149. The second-order valence-corrected chi connectivity index (χ2v) is 4.62. The zero-order valence-corrected chi connectivity index (χ0v) is 9.78. The Bertz CT molecular complexity index is 580. The molecule has 0 saturated heterocycles. The van der Waals surface area contributed by atoms with Gasteiger partial charge in [0.05, 0.1) is 0 Å². The van der Waals surface area contributed by atoms with E-state index in [9.17, 15) is 9.90 Å². The summed E-state index contributed by atoms with van der Waals surface area (Å²) >= 11 is 0. The number of aromatic nitrogens is 3. The molecule has 1 N–H and O–H groups in total. The van der Waals surface area contributed by atoms with Crippen molar-refractivity contribution >= 4 is 5.97 Å². The van der Waals surface area contributed by atoms with Gasteiger partial charge in [-0.3, -0.25) is 0 Å². The van der Waals surface area contributed by atoms with Crippen LogP contribution in [0.15, 0.2) is 36.9 Å². The van der Waals surface area contributed by atoms with Crippen LogP contribution in [0.5, 0.6) is 0 Å². The van der Waals surface area contributed by atoms with Crippen LogP contribution in [0.25, 0.3) is 0 Å². The van der Waals surface area contributed by atoms with Crippen LogP contribution in [-0.4, -0.2) is 25.8 Å². The highest BCUT2D eigenvalue weighted by molar-refractivity contribution is 5.77. The molecule has 0 aliphatic heterocycles. The smallest absolute Gasteiger partial charge is 0.332 e. The molecule has 0 radical (unpaired) electrons. The molecule has 0 amide bonds. The molecule has 0 saturated carbocycles. The first-order chi connectivity index (χ1) is 8.72. The number of benzene rings is 1. The lowest BCUT2D eigenvalue weighted by atomic mass is 9.78. The molecule has 3 rings (SSSR count). The van der Waals surface area contributed by atoms with Gasteiger partial charge < -0.3 is 5.11 Å². The van der Waals surface area contributed by atoms with Gasteiger partial charge in [-0.25, -0.2) is 14.5 Å². The molecule has 0 bridgehead atoms. The molecule has 92 valence electrons. The summed E-state index contributed by atoms with van der Waals surface area (Å²) in [5.41, 5.74) is 1.32. The van der Waals surface area contributed by atoms with Gasteiger partial charge in [0.2, 0.25) is 0 Å². The Kier molecular flexibility index (Phi) is 2.40. The van der Waals surface area contributed by atoms with Crippen molar-refractivity contribution in [3.63, 3.8) is 0 Å². The number of nitrogens with zero attached hydrogens (tertiary/aromatic N) is 3. The maximum atomic E-state index is 11.7. The minimum Gasteiger partial charge on any atom is -0.479 e. The van der Waals surface area contributed by atoms with E-state index in [1.54, 1.807) is 0 Å². The topological polar surface area (TPSA) is 68.0 Å².